The third kappa shape index (κ3) is 3.31. The number of H-pyrrole nitrogens is 1. The Labute approximate surface area is 193 Å². The van der Waals surface area contributed by atoms with E-state index >= 15 is 0 Å². The molecule has 0 atom stereocenters. The summed E-state index contributed by atoms with van der Waals surface area (Å²) < 4.78 is 11.7. The Balaban J connectivity index is 1.53. The van der Waals surface area contributed by atoms with E-state index in [0.717, 1.165) is 40.7 Å². The van der Waals surface area contributed by atoms with E-state index in [-0.39, 0.29) is 0 Å². The van der Waals surface area contributed by atoms with E-state index in [2.05, 4.69) is 27.3 Å². The lowest BCUT2D eigenvalue weighted by molar-refractivity contribution is 0.0602. The fraction of sp³-hybridized carbons (Fsp3) is 0.154. The van der Waals surface area contributed by atoms with Gasteiger partial charge in [-0.25, -0.2) is 14.6 Å². The van der Waals surface area contributed by atoms with Gasteiger partial charge in [-0.2, -0.15) is 10.1 Å². The third-order valence-electron chi connectivity index (χ3n) is 6.21. The van der Waals surface area contributed by atoms with Gasteiger partial charge in [0.05, 0.1) is 23.7 Å². The Kier molecular flexibility index (Phi) is 4.65. The van der Waals surface area contributed by atoms with Crippen molar-refractivity contribution in [3.63, 3.8) is 0 Å². The van der Waals surface area contributed by atoms with E-state index in [9.17, 15) is 9.59 Å². The smallest absolute Gasteiger partial charge is 0.460 e. The molecule has 8 nitrogen and oxygen atoms in total. The molecule has 1 fully saturated rings. The molecule has 0 saturated heterocycles. The minimum absolute atomic E-state index is 0.398. The normalized spacial score (nSPS) is 13.3. The molecule has 8 heteroatoms. The number of carbonyl (C=O) groups excluding carboxylic acids is 1. The van der Waals surface area contributed by atoms with Gasteiger partial charge in [0.1, 0.15) is 6.33 Å². The van der Waals surface area contributed by atoms with Crippen LogP contribution in [0.3, 0.4) is 0 Å². The summed E-state index contributed by atoms with van der Waals surface area (Å²) >= 11 is 0. The van der Waals surface area contributed by atoms with Crippen molar-refractivity contribution in [2.75, 3.05) is 7.11 Å². The fourth-order valence-electron chi connectivity index (χ4n) is 4.48. The zero-order valence-corrected chi connectivity index (χ0v) is 18.3. The monoisotopic (exact) mass is 452 g/mol. The maximum Gasteiger partial charge on any atom is 0.460 e. The first-order valence-electron chi connectivity index (χ1n) is 11.0. The SMILES string of the molecule is COC(=O)c1cccc2ncn(-c3ccc(-c4ccccc4-c4nc(=O)o[nH]4)c(C4CC4)c3)c12. The number of rotatable bonds is 5. The van der Waals surface area contributed by atoms with Crippen LogP contribution in [0.5, 0.6) is 0 Å². The molecule has 168 valence electrons. The molecule has 1 saturated carbocycles. The zero-order valence-electron chi connectivity index (χ0n) is 18.3. The molecule has 0 amide bonds. The number of nitrogens with zero attached hydrogens (tertiary/aromatic N) is 3. The summed E-state index contributed by atoms with van der Waals surface area (Å²) in [7, 11) is 1.38. The molecule has 0 bridgehead atoms. The molecule has 3 aromatic carbocycles. The van der Waals surface area contributed by atoms with Crippen LogP contribution in [0, 0.1) is 0 Å². The van der Waals surface area contributed by atoms with Crippen molar-refractivity contribution in [3.05, 3.63) is 88.7 Å². The Morgan fingerprint density at radius 3 is 2.62 bits per heavy atom. The van der Waals surface area contributed by atoms with E-state index < -0.39 is 11.7 Å². The summed E-state index contributed by atoms with van der Waals surface area (Å²) in [6.45, 7) is 0. The maximum absolute atomic E-state index is 12.4. The standard InChI is InChI=1S/C26H20N4O4/c1-33-25(31)20-7-4-8-22-23(20)30(14-27-22)16-11-12-18(21(13-16)15-9-10-15)17-5-2-3-6-19(17)24-28-26(32)34-29-24/h2-8,11-15H,9-10H2,1H3,(H,28,29,32). The van der Waals surface area contributed by atoms with Crippen molar-refractivity contribution in [2.45, 2.75) is 18.8 Å². The number of esters is 1. The van der Waals surface area contributed by atoms with Crippen molar-refractivity contribution < 1.29 is 14.1 Å². The predicted octanol–water partition coefficient (Wildman–Crippen LogP) is 4.70. The van der Waals surface area contributed by atoms with Crippen molar-refractivity contribution in [1.82, 2.24) is 19.7 Å². The van der Waals surface area contributed by atoms with Crippen LogP contribution in [-0.4, -0.2) is 32.8 Å². The number of para-hydroxylation sites is 1. The van der Waals surface area contributed by atoms with E-state index in [1.54, 1.807) is 18.5 Å². The summed E-state index contributed by atoms with van der Waals surface area (Å²) in [5, 5.41) is 2.62. The van der Waals surface area contributed by atoms with E-state index in [4.69, 9.17) is 9.26 Å². The highest BCUT2D eigenvalue weighted by atomic mass is 16.5. The van der Waals surface area contributed by atoms with Gasteiger partial charge in [0, 0.05) is 11.3 Å². The van der Waals surface area contributed by atoms with Gasteiger partial charge in [0.15, 0.2) is 5.82 Å². The molecule has 0 aliphatic heterocycles. The van der Waals surface area contributed by atoms with Crippen molar-refractivity contribution in [2.24, 2.45) is 0 Å². The first kappa shape index (κ1) is 20.2. The number of imidazole rings is 1. The topological polar surface area (TPSA) is 103 Å². The summed E-state index contributed by atoms with van der Waals surface area (Å²) in [6, 6.07) is 19.5. The van der Waals surface area contributed by atoms with Crippen LogP contribution in [0.2, 0.25) is 0 Å². The average Bonchev–Trinajstić information content (AvgIpc) is 3.49. The lowest BCUT2D eigenvalue weighted by Crippen LogP contribution is -2.05. The highest BCUT2D eigenvalue weighted by Crippen LogP contribution is 2.46. The van der Waals surface area contributed by atoms with Gasteiger partial charge >= 0.3 is 11.7 Å². The zero-order chi connectivity index (χ0) is 23.2. The van der Waals surface area contributed by atoms with Crippen LogP contribution >= 0.6 is 0 Å². The van der Waals surface area contributed by atoms with Gasteiger partial charge in [0.2, 0.25) is 0 Å². The van der Waals surface area contributed by atoms with E-state index in [1.807, 2.05) is 41.0 Å². The number of methoxy groups -OCH3 is 1. The van der Waals surface area contributed by atoms with Crippen LogP contribution in [0.15, 0.2) is 76.3 Å². The number of ether oxygens (including phenoxy) is 1. The van der Waals surface area contributed by atoms with Crippen LogP contribution in [0.4, 0.5) is 0 Å². The Bertz CT molecular complexity index is 1610. The highest BCUT2D eigenvalue weighted by Gasteiger charge is 2.28. The number of nitrogens with one attached hydrogen (secondary N) is 1. The molecule has 1 aliphatic carbocycles. The Morgan fingerprint density at radius 2 is 1.88 bits per heavy atom. The van der Waals surface area contributed by atoms with Crippen LogP contribution in [0.1, 0.15) is 34.7 Å². The van der Waals surface area contributed by atoms with Gasteiger partial charge < -0.3 is 9.26 Å². The minimum Gasteiger partial charge on any atom is -0.465 e. The molecular formula is C26H20N4O4. The van der Waals surface area contributed by atoms with Crippen LogP contribution in [0.25, 0.3) is 39.2 Å². The molecule has 2 aromatic heterocycles. The first-order chi connectivity index (χ1) is 16.6. The molecule has 34 heavy (non-hydrogen) atoms. The quantitative estimate of drug-likeness (QED) is 0.388. The number of hydrogen-bond donors (Lipinski definition) is 1. The highest BCUT2D eigenvalue weighted by molar-refractivity contribution is 6.02. The average molecular weight is 452 g/mol. The van der Waals surface area contributed by atoms with Gasteiger partial charge in [0.25, 0.3) is 0 Å². The van der Waals surface area contributed by atoms with Crippen LogP contribution < -0.4 is 5.76 Å². The summed E-state index contributed by atoms with van der Waals surface area (Å²) in [6.07, 6.45) is 3.95. The molecule has 0 spiro atoms. The summed E-state index contributed by atoms with van der Waals surface area (Å²) in [4.78, 5) is 32.4. The maximum atomic E-state index is 12.4. The number of carbonyl (C=O) groups is 1. The third-order valence-corrected chi connectivity index (χ3v) is 6.21. The molecule has 6 rings (SSSR count). The molecule has 0 unspecified atom stereocenters. The number of aromatic amines is 1. The lowest BCUT2D eigenvalue weighted by atomic mass is 9.92. The fourth-order valence-corrected chi connectivity index (χ4v) is 4.48. The summed E-state index contributed by atoms with van der Waals surface area (Å²) in [5.41, 5.74) is 6.85. The molecule has 5 aromatic rings. The first-order valence-corrected chi connectivity index (χ1v) is 11.0. The Hall–Kier alpha value is -4.46. The molecule has 1 aliphatic rings. The largest absolute Gasteiger partial charge is 0.465 e. The molecule has 0 radical (unpaired) electrons. The molecular weight excluding hydrogens is 432 g/mol. The second-order valence-electron chi connectivity index (χ2n) is 8.30. The number of hydrogen-bond acceptors (Lipinski definition) is 6. The van der Waals surface area contributed by atoms with Gasteiger partial charge in [-0.3, -0.25) is 4.57 Å². The van der Waals surface area contributed by atoms with E-state index in [0.29, 0.717) is 22.8 Å². The van der Waals surface area contributed by atoms with Crippen molar-refractivity contribution in [3.8, 4) is 28.2 Å². The number of benzene rings is 3. The van der Waals surface area contributed by atoms with Crippen molar-refractivity contribution >= 4 is 17.0 Å². The Morgan fingerprint density at radius 1 is 1.06 bits per heavy atom. The van der Waals surface area contributed by atoms with Gasteiger partial charge in [-0.05, 0) is 59.7 Å². The van der Waals surface area contributed by atoms with Crippen molar-refractivity contribution in [1.29, 1.82) is 0 Å². The minimum atomic E-state index is -0.657. The predicted molar refractivity (Wildman–Crippen MR) is 126 cm³/mol. The molecule has 1 N–H and O–H groups in total. The second-order valence-corrected chi connectivity index (χ2v) is 8.30. The van der Waals surface area contributed by atoms with Gasteiger partial charge in [-0.15, -0.1) is 0 Å². The van der Waals surface area contributed by atoms with E-state index in [1.165, 1.54) is 12.7 Å². The van der Waals surface area contributed by atoms with Gasteiger partial charge in [-0.1, -0.05) is 36.4 Å². The lowest BCUT2D eigenvalue weighted by Gasteiger charge is -2.15. The summed E-state index contributed by atoms with van der Waals surface area (Å²) in [5.74, 6) is -0.221. The molecule has 2 heterocycles. The number of fused-ring (bicyclic) bond motifs is 1. The van der Waals surface area contributed by atoms with Crippen LogP contribution in [-0.2, 0) is 4.74 Å². The number of aromatic nitrogens is 4. The second kappa shape index (κ2) is 7.84.